The lowest BCUT2D eigenvalue weighted by molar-refractivity contribution is -0.137. The summed E-state index contributed by atoms with van der Waals surface area (Å²) in [5.41, 5.74) is 5.34. The number of halogens is 4. The highest BCUT2D eigenvalue weighted by Crippen LogP contribution is 2.31. The molecule has 0 saturated carbocycles. The van der Waals surface area contributed by atoms with Gasteiger partial charge >= 0.3 is 6.18 Å². The number of hydrogen-bond donors (Lipinski definition) is 3. The van der Waals surface area contributed by atoms with E-state index in [0.717, 1.165) is 12.1 Å². The van der Waals surface area contributed by atoms with E-state index in [1.54, 1.807) is 20.0 Å². The number of benzene rings is 1. The van der Waals surface area contributed by atoms with Crippen molar-refractivity contribution in [2.45, 2.75) is 25.6 Å². The Morgan fingerprint density at radius 1 is 1.25 bits per heavy atom. The van der Waals surface area contributed by atoms with E-state index in [1.807, 2.05) is 0 Å². The average molecular weight is 454 g/mol. The van der Waals surface area contributed by atoms with Crippen molar-refractivity contribution in [3.8, 4) is 0 Å². The molecule has 1 heterocycles. The SMILES string of the molecule is CNC(C)/C(C(N)=O)=C(/COC=O)Nc1cc(Cc2cc(F)cc(C(F)(F)F)c2)ccn1. The lowest BCUT2D eigenvalue weighted by atomic mass is 10.0. The molecular weight excluding hydrogens is 432 g/mol. The molecule has 1 unspecified atom stereocenters. The number of nitrogens with one attached hydrogen (secondary N) is 2. The van der Waals surface area contributed by atoms with Crippen LogP contribution in [0.5, 0.6) is 0 Å². The Morgan fingerprint density at radius 3 is 2.56 bits per heavy atom. The normalized spacial score (nSPS) is 13.2. The molecule has 11 heteroatoms. The van der Waals surface area contributed by atoms with Crippen molar-refractivity contribution in [1.82, 2.24) is 10.3 Å². The number of likely N-dealkylation sites (N-methyl/N-ethyl adjacent to an activating group) is 1. The molecule has 2 rings (SSSR count). The van der Waals surface area contributed by atoms with Crippen LogP contribution in [0.4, 0.5) is 23.4 Å². The van der Waals surface area contributed by atoms with Crippen molar-refractivity contribution < 1.29 is 31.9 Å². The first kappa shape index (κ1) is 24.8. The molecule has 1 atom stereocenters. The number of pyridine rings is 1. The zero-order valence-electron chi connectivity index (χ0n) is 17.3. The second-order valence-electron chi connectivity index (χ2n) is 6.87. The molecule has 0 radical (unpaired) electrons. The zero-order chi connectivity index (χ0) is 23.9. The van der Waals surface area contributed by atoms with Crippen molar-refractivity contribution in [3.05, 3.63) is 70.3 Å². The van der Waals surface area contributed by atoms with Crippen molar-refractivity contribution in [1.29, 1.82) is 0 Å². The number of amides is 1. The minimum atomic E-state index is -4.67. The molecule has 7 nitrogen and oxygen atoms in total. The van der Waals surface area contributed by atoms with Gasteiger partial charge in [0.2, 0.25) is 5.91 Å². The fraction of sp³-hybridized carbons (Fsp3) is 0.286. The second kappa shape index (κ2) is 10.7. The summed E-state index contributed by atoms with van der Waals surface area (Å²) in [6.45, 7) is 1.59. The van der Waals surface area contributed by atoms with E-state index in [0.29, 0.717) is 11.6 Å². The van der Waals surface area contributed by atoms with Crippen LogP contribution in [0.2, 0.25) is 0 Å². The molecule has 0 bridgehead atoms. The van der Waals surface area contributed by atoms with Gasteiger partial charge < -0.3 is 21.1 Å². The summed E-state index contributed by atoms with van der Waals surface area (Å²) < 4.78 is 57.3. The van der Waals surface area contributed by atoms with Gasteiger partial charge in [0.15, 0.2) is 0 Å². The third kappa shape index (κ3) is 6.77. The Bertz CT molecular complexity index is 1010. The van der Waals surface area contributed by atoms with Gasteiger partial charge in [-0.15, -0.1) is 0 Å². The fourth-order valence-corrected chi connectivity index (χ4v) is 3.03. The summed E-state index contributed by atoms with van der Waals surface area (Å²) >= 11 is 0. The predicted molar refractivity (Wildman–Crippen MR) is 109 cm³/mol. The summed E-state index contributed by atoms with van der Waals surface area (Å²) in [6.07, 6.45) is -3.28. The quantitative estimate of drug-likeness (QED) is 0.290. The van der Waals surface area contributed by atoms with E-state index in [2.05, 4.69) is 15.6 Å². The molecule has 172 valence electrons. The van der Waals surface area contributed by atoms with E-state index in [9.17, 15) is 27.2 Å². The van der Waals surface area contributed by atoms with E-state index in [-0.39, 0.29) is 42.2 Å². The van der Waals surface area contributed by atoms with Crippen molar-refractivity contribution >= 4 is 18.2 Å². The summed E-state index contributed by atoms with van der Waals surface area (Å²) in [5, 5.41) is 5.74. The average Bonchev–Trinajstić information content (AvgIpc) is 2.70. The van der Waals surface area contributed by atoms with Crippen LogP contribution >= 0.6 is 0 Å². The Kier molecular flexibility index (Phi) is 8.30. The van der Waals surface area contributed by atoms with Gasteiger partial charge in [0.1, 0.15) is 18.2 Å². The highest BCUT2D eigenvalue weighted by atomic mass is 19.4. The Labute approximate surface area is 181 Å². The maximum absolute atomic E-state index is 13.7. The predicted octanol–water partition coefficient (Wildman–Crippen LogP) is 2.76. The molecule has 0 aliphatic carbocycles. The smallest absolute Gasteiger partial charge is 0.416 e. The van der Waals surface area contributed by atoms with Crippen LogP contribution in [0, 0.1) is 5.82 Å². The van der Waals surface area contributed by atoms with Crippen molar-refractivity contribution in [2.75, 3.05) is 19.0 Å². The van der Waals surface area contributed by atoms with E-state index >= 15 is 0 Å². The van der Waals surface area contributed by atoms with Gasteiger partial charge in [-0.25, -0.2) is 9.37 Å². The zero-order valence-corrected chi connectivity index (χ0v) is 17.3. The maximum Gasteiger partial charge on any atom is 0.416 e. The standard InChI is InChI=1S/C21H22F4N4O3/c1-12(27-2)19(20(26)31)17(10-32-11-30)29-18-8-13(3-4-28-18)5-14-6-15(21(23,24)25)9-16(22)7-14/h3-4,6-9,11-12,27H,5,10H2,1-2H3,(H2,26,31)(H,28,29)/b19-17+. The Hall–Kier alpha value is -3.47. The number of alkyl halides is 3. The number of primary amides is 1. The molecule has 32 heavy (non-hydrogen) atoms. The first-order valence-corrected chi connectivity index (χ1v) is 9.39. The summed E-state index contributed by atoms with van der Waals surface area (Å²) in [5.74, 6) is -1.52. The first-order chi connectivity index (χ1) is 15.0. The lowest BCUT2D eigenvalue weighted by Gasteiger charge is -2.19. The monoisotopic (exact) mass is 454 g/mol. The van der Waals surface area contributed by atoms with Gasteiger partial charge in [0.05, 0.1) is 16.8 Å². The number of carbonyl (C=O) groups excluding carboxylic acids is 2. The number of ether oxygens (including phenoxy) is 1. The third-order valence-electron chi connectivity index (χ3n) is 4.55. The van der Waals surface area contributed by atoms with Crippen LogP contribution in [0.25, 0.3) is 0 Å². The topological polar surface area (TPSA) is 106 Å². The lowest BCUT2D eigenvalue weighted by Crippen LogP contribution is -2.34. The molecule has 2 aromatic rings. The highest BCUT2D eigenvalue weighted by Gasteiger charge is 2.31. The number of hydrogen-bond acceptors (Lipinski definition) is 6. The molecule has 0 aliphatic rings. The molecule has 0 aliphatic heterocycles. The largest absolute Gasteiger partial charge is 0.461 e. The van der Waals surface area contributed by atoms with Crippen LogP contribution in [-0.4, -0.2) is 37.1 Å². The van der Waals surface area contributed by atoms with Crippen LogP contribution in [0.3, 0.4) is 0 Å². The summed E-state index contributed by atoms with van der Waals surface area (Å²) in [7, 11) is 1.61. The molecule has 0 fully saturated rings. The van der Waals surface area contributed by atoms with Gasteiger partial charge in [-0.1, -0.05) is 0 Å². The number of nitrogens with zero attached hydrogens (tertiary/aromatic N) is 1. The molecule has 4 N–H and O–H groups in total. The van der Waals surface area contributed by atoms with Gasteiger partial charge in [0.25, 0.3) is 6.47 Å². The summed E-state index contributed by atoms with van der Waals surface area (Å²) in [4.78, 5) is 26.7. The Morgan fingerprint density at radius 2 is 1.97 bits per heavy atom. The second-order valence-corrected chi connectivity index (χ2v) is 6.87. The number of carbonyl (C=O) groups is 2. The number of rotatable bonds is 10. The van der Waals surface area contributed by atoms with E-state index < -0.39 is 29.5 Å². The van der Waals surface area contributed by atoms with Crippen LogP contribution in [0.15, 0.2) is 47.8 Å². The van der Waals surface area contributed by atoms with Crippen LogP contribution in [-0.2, 0) is 26.9 Å². The third-order valence-corrected chi connectivity index (χ3v) is 4.55. The van der Waals surface area contributed by atoms with Gasteiger partial charge in [-0.2, -0.15) is 13.2 Å². The van der Waals surface area contributed by atoms with Crippen molar-refractivity contribution in [2.24, 2.45) is 5.73 Å². The molecule has 1 amide bonds. The fourth-order valence-electron chi connectivity index (χ4n) is 3.03. The highest BCUT2D eigenvalue weighted by molar-refractivity contribution is 5.94. The molecule has 1 aromatic heterocycles. The number of aromatic nitrogens is 1. The maximum atomic E-state index is 13.7. The van der Waals surface area contributed by atoms with Crippen LogP contribution in [0.1, 0.15) is 23.6 Å². The minimum absolute atomic E-state index is 0.00246. The summed E-state index contributed by atoms with van der Waals surface area (Å²) in [6, 6.07) is 4.91. The minimum Gasteiger partial charge on any atom is -0.461 e. The van der Waals surface area contributed by atoms with Crippen molar-refractivity contribution in [3.63, 3.8) is 0 Å². The van der Waals surface area contributed by atoms with E-state index in [4.69, 9.17) is 10.5 Å². The molecule has 0 saturated heterocycles. The van der Waals surface area contributed by atoms with E-state index in [1.165, 1.54) is 12.3 Å². The van der Waals surface area contributed by atoms with Gasteiger partial charge in [0, 0.05) is 12.2 Å². The molecular formula is C21H22F4N4O3. The van der Waals surface area contributed by atoms with Gasteiger partial charge in [-0.3, -0.25) is 9.59 Å². The number of anilines is 1. The van der Waals surface area contributed by atoms with Gasteiger partial charge in [-0.05, 0) is 61.9 Å². The first-order valence-electron chi connectivity index (χ1n) is 9.39. The molecule has 0 spiro atoms. The Balaban J connectivity index is 2.36. The number of nitrogens with two attached hydrogens (primary N) is 1. The van der Waals surface area contributed by atoms with Crippen LogP contribution < -0.4 is 16.4 Å². The molecule has 1 aromatic carbocycles.